The molecule has 0 aromatic heterocycles. The standard InChI is InChI=1S/C21H26N2O/c1-15(16-7-5-4-6-8-16)21-14-17(11-12-22-21)19-13-18(24-3)9-10-20(19)23(21)2/h4-10,13,15,17,22H,11-12,14H2,1-3H3. The molecule has 2 aliphatic heterocycles. The number of nitrogens with one attached hydrogen (secondary N) is 1. The lowest BCUT2D eigenvalue weighted by atomic mass is 9.71. The maximum Gasteiger partial charge on any atom is 0.119 e. The van der Waals surface area contributed by atoms with Crippen LogP contribution in [-0.2, 0) is 0 Å². The minimum absolute atomic E-state index is 0.0220. The highest BCUT2D eigenvalue weighted by atomic mass is 16.5. The molecule has 2 aromatic rings. The summed E-state index contributed by atoms with van der Waals surface area (Å²) in [6, 6.07) is 17.4. The predicted octanol–water partition coefficient (Wildman–Crippen LogP) is 4.11. The van der Waals surface area contributed by atoms with E-state index in [1.165, 1.54) is 23.2 Å². The first-order chi connectivity index (χ1) is 11.7. The number of ether oxygens (including phenoxy) is 1. The number of anilines is 1. The largest absolute Gasteiger partial charge is 0.497 e. The van der Waals surface area contributed by atoms with Gasteiger partial charge in [0.25, 0.3) is 0 Å². The molecule has 4 rings (SSSR count). The molecule has 3 unspecified atom stereocenters. The predicted molar refractivity (Wildman–Crippen MR) is 99.0 cm³/mol. The quantitative estimate of drug-likeness (QED) is 0.920. The topological polar surface area (TPSA) is 24.5 Å². The molecule has 0 amide bonds. The summed E-state index contributed by atoms with van der Waals surface area (Å²) >= 11 is 0. The molecule has 2 aromatic carbocycles. The van der Waals surface area contributed by atoms with Crippen molar-refractivity contribution in [1.29, 1.82) is 0 Å². The lowest BCUT2D eigenvalue weighted by Gasteiger charge is -2.56. The summed E-state index contributed by atoms with van der Waals surface area (Å²) in [5, 5.41) is 3.88. The van der Waals surface area contributed by atoms with Crippen LogP contribution in [-0.4, -0.2) is 26.4 Å². The Morgan fingerprint density at radius 3 is 2.75 bits per heavy atom. The molecule has 2 heterocycles. The van der Waals surface area contributed by atoms with E-state index in [1.807, 2.05) is 0 Å². The van der Waals surface area contributed by atoms with Gasteiger partial charge >= 0.3 is 0 Å². The number of rotatable bonds is 3. The fourth-order valence-corrected chi connectivity index (χ4v) is 4.68. The van der Waals surface area contributed by atoms with Crippen molar-refractivity contribution in [2.24, 2.45) is 0 Å². The molecule has 3 heteroatoms. The molecule has 3 atom stereocenters. The van der Waals surface area contributed by atoms with Crippen LogP contribution in [0.4, 0.5) is 5.69 Å². The zero-order valence-electron chi connectivity index (χ0n) is 14.8. The van der Waals surface area contributed by atoms with E-state index < -0.39 is 0 Å². The average molecular weight is 322 g/mol. The first kappa shape index (κ1) is 15.5. The highest BCUT2D eigenvalue weighted by molar-refractivity contribution is 5.62. The summed E-state index contributed by atoms with van der Waals surface area (Å²) in [5.41, 5.74) is 4.15. The van der Waals surface area contributed by atoms with Crippen LogP contribution >= 0.6 is 0 Å². The second-order valence-corrected chi connectivity index (χ2v) is 7.16. The van der Waals surface area contributed by atoms with Crippen molar-refractivity contribution in [2.75, 3.05) is 25.6 Å². The third kappa shape index (κ3) is 2.22. The van der Waals surface area contributed by atoms with Crippen molar-refractivity contribution in [1.82, 2.24) is 5.32 Å². The number of methoxy groups -OCH3 is 1. The summed E-state index contributed by atoms with van der Waals surface area (Å²) in [6.45, 7) is 3.42. The van der Waals surface area contributed by atoms with Crippen LogP contribution in [0.1, 0.15) is 42.7 Å². The molecule has 1 saturated heterocycles. The number of nitrogens with zero attached hydrogens (tertiary/aromatic N) is 1. The van der Waals surface area contributed by atoms with E-state index in [0.717, 1.165) is 18.7 Å². The van der Waals surface area contributed by atoms with Crippen LogP contribution < -0.4 is 15.0 Å². The molecule has 0 spiro atoms. The Morgan fingerprint density at radius 2 is 2.00 bits per heavy atom. The fraction of sp³-hybridized carbons (Fsp3) is 0.429. The van der Waals surface area contributed by atoms with Gasteiger partial charge in [-0.25, -0.2) is 0 Å². The minimum Gasteiger partial charge on any atom is -0.497 e. The molecule has 1 fully saturated rings. The summed E-state index contributed by atoms with van der Waals surface area (Å²) in [5.74, 6) is 1.98. The summed E-state index contributed by atoms with van der Waals surface area (Å²) in [4.78, 5) is 2.47. The van der Waals surface area contributed by atoms with Crippen LogP contribution in [0.25, 0.3) is 0 Å². The molecule has 0 saturated carbocycles. The van der Waals surface area contributed by atoms with Crippen molar-refractivity contribution in [3.05, 3.63) is 59.7 Å². The smallest absolute Gasteiger partial charge is 0.119 e. The molecule has 24 heavy (non-hydrogen) atoms. The van der Waals surface area contributed by atoms with Crippen LogP contribution in [0.15, 0.2) is 48.5 Å². The Kier molecular flexibility index (Phi) is 3.76. The molecule has 0 aliphatic carbocycles. The number of hydrogen-bond donors (Lipinski definition) is 1. The first-order valence-electron chi connectivity index (χ1n) is 8.87. The van der Waals surface area contributed by atoms with E-state index in [0.29, 0.717) is 11.8 Å². The Bertz CT molecular complexity index is 730. The van der Waals surface area contributed by atoms with Gasteiger partial charge in [-0.15, -0.1) is 0 Å². The third-order valence-electron chi connectivity index (χ3n) is 6.13. The molecule has 1 N–H and O–H groups in total. The number of benzene rings is 2. The highest BCUT2D eigenvalue weighted by Gasteiger charge is 2.49. The molecule has 2 aliphatic rings. The van der Waals surface area contributed by atoms with Gasteiger partial charge in [0, 0.05) is 18.7 Å². The normalized spacial score (nSPS) is 26.6. The van der Waals surface area contributed by atoms with E-state index in [4.69, 9.17) is 4.74 Å². The SMILES string of the molecule is COc1ccc2c(c1)C1CCNC(C(C)c3ccccc3)(C1)N2C. The van der Waals surface area contributed by atoms with E-state index in [9.17, 15) is 0 Å². The molecule has 0 radical (unpaired) electrons. The molecule has 2 bridgehead atoms. The van der Waals surface area contributed by atoms with Crippen LogP contribution in [0.5, 0.6) is 5.75 Å². The molecular formula is C21H26N2O. The van der Waals surface area contributed by atoms with Crippen molar-refractivity contribution >= 4 is 5.69 Å². The highest BCUT2D eigenvalue weighted by Crippen LogP contribution is 2.51. The van der Waals surface area contributed by atoms with Crippen LogP contribution in [0.2, 0.25) is 0 Å². The lowest BCUT2D eigenvalue weighted by molar-refractivity contribution is 0.183. The third-order valence-corrected chi connectivity index (χ3v) is 6.13. The second-order valence-electron chi connectivity index (χ2n) is 7.16. The lowest BCUT2D eigenvalue weighted by Crippen LogP contribution is -2.66. The van der Waals surface area contributed by atoms with Gasteiger partial charge < -0.3 is 9.64 Å². The zero-order chi connectivity index (χ0) is 16.7. The van der Waals surface area contributed by atoms with E-state index in [-0.39, 0.29) is 5.66 Å². The average Bonchev–Trinajstić information content (AvgIpc) is 2.66. The molecule has 126 valence electrons. The number of likely N-dealkylation sites (N-methyl/N-ethyl adjacent to an activating group) is 1. The summed E-state index contributed by atoms with van der Waals surface area (Å²) < 4.78 is 5.46. The Morgan fingerprint density at radius 1 is 1.21 bits per heavy atom. The monoisotopic (exact) mass is 322 g/mol. The number of hydrogen-bond acceptors (Lipinski definition) is 3. The zero-order valence-corrected chi connectivity index (χ0v) is 14.8. The van der Waals surface area contributed by atoms with Gasteiger partial charge in [-0.05, 0) is 54.6 Å². The minimum atomic E-state index is -0.0220. The van der Waals surface area contributed by atoms with Crippen molar-refractivity contribution in [2.45, 2.75) is 37.3 Å². The maximum absolute atomic E-state index is 5.46. The van der Waals surface area contributed by atoms with Gasteiger partial charge in [0.2, 0.25) is 0 Å². The van der Waals surface area contributed by atoms with Gasteiger partial charge in [-0.1, -0.05) is 37.3 Å². The first-order valence-corrected chi connectivity index (χ1v) is 8.87. The van der Waals surface area contributed by atoms with Gasteiger partial charge in [0.15, 0.2) is 0 Å². The second kappa shape index (κ2) is 5.82. The molecular weight excluding hydrogens is 296 g/mol. The Balaban J connectivity index is 1.79. The Labute approximate surface area is 144 Å². The van der Waals surface area contributed by atoms with Crippen LogP contribution in [0, 0.1) is 0 Å². The molecule has 3 nitrogen and oxygen atoms in total. The van der Waals surface area contributed by atoms with Crippen LogP contribution in [0.3, 0.4) is 0 Å². The van der Waals surface area contributed by atoms with E-state index >= 15 is 0 Å². The van der Waals surface area contributed by atoms with Crippen molar-refractivity contribution < 1.29 is 4.74 Å². The van der Waals surface area contributed by atoms with Crippen molar-refractivity contribution in [3.8, 4) is 5.75 Å². The van der Waals surface area contributed by atoms with E-state index in [1.54, 1.807) is 7.11 Å². The van der Waals surface area contributed by atoms with Gasteiger partial charge in [0.1, 0.15) is 5.75 Å². The summed E-state index contributed by atoms with van der Waals surface area (Å²) in [7, 11) is 3.98. The number of piperidine rings is 1. The Hall–Kier alpha value is -2.00. The van der Waals surface area contributed by atoms with Gasteiger partial charge in [-0.2, -0.15) is 0 Å². The van der Waals surface area contributed by atoms with Gasteiger partial charge in [-0.3, -0.25) is 5.32 Å². The van der Waals surface area contributed by atoms with Crippen molar-refractivity contribution in [3.63, 3.8) is 0 Å². The maximum atomic E-state index is 5.46. The fourth-order valence-electron chi connectivity index (χ4n) is 4.68. The van der Waals surface area contributed by atoms with Gasteiger partial charge in [0.05, 0.1) is 12.8 Å². The summed E-state index contributed by atoms with van der Waals surface area (Å²) in [6.07, 6.45) is 2.33. The number of fused-ring (bicyclic) bond motifs is 4. The van der Waals surface area contributed by atoms with E-state index in [2.05, 4.69) is 72.7 Å².